The van der Waals surface area contributed by atoms with Gasteiger partial charge in [-0.3, -0.25) is 9.88 Å². The van der Waals surface area contributed by atoms with Crippen molar-refractivity contribution in [2.45, 2.75) is 19.1 Å². The maximum atomic E-state index is 6.39. The number of morpholine rings is 1. The van der Waals surface area contributed by atoms with Crippen molar-refractivity contribution in [3.8, 4) is 0 Å². The van der Waals surface area contributed by atoms with Crippen LogP contribution in [-0.4, -0.2) is 42.2 Å². The van der Waals surface area contributed by atoms with Gasteiger partial charge in [-0.15, -0.1) is 0 Å². The molecule has 2 atom stereocenters. The van der Waals surface area contributed by atoms with Crippen LogP contribution in [0, 0.1) is 0 Å². The number of nitrogens with zero attached hydrogens (tertiary/aromatic N) is 2. The average Bonchev–Trinajstić information content (AvgIpc) is 2.53. The summed E-state index contributed by atoms with van der Waals surface area (Å²) in [4.78, 5) is 6.86. The number of hydrogen-bond donors (Lipinski definition) is 1. The Kier molecular flexibility index (Phi) is 3.96. The fourth-order valence-corrected chi connectivity index (χ4v) is 2.72. The van der Waals surface area contributed by atoms with E-state index >= 15 is 0 Å². The molecule has 1 aliphatic rings. The third-order valence-corrected chi connectivity index (χ3v) is 4.02. The van der Waals surface area contributed by atoms with Crippen LogP contribution in [0.3, 0.4) is 0 Å². The highest BCUT2D eigenvalue weighted by Crippen LogP contribution is 2.22. The van der Waals surface area contributed by atoms with Gasteiger partial charge < -0.3 is 10.5 Å². The van der Waals surface area contributed by atoms with E-state index in [1.165, 1.54) is 0 Å². The number of pyridine rings is 1. The molecule has 0 amide bonds. The van der Waals surface area contributed by atoms with E-state index in [2.05, 4.69) is 28.9 Å². The Bertz CT molecular complexity index is 587. The first-order chi connectivity index (χ1) is 9.78. The molecule has 3 rings (SSSR count). The molecule has 0 spiro atoms. The van der Waals surface area contributed by atoms with E-state index in [-0.39, 0.29) is 12.1 Å². The van der Waals surface area contributed by atoms with E-state index in [9.17, 15) is 0 Å². The van der Waals surface area contributed by atoms with Crippen LogP contribution < -0.4 is 5.73 Å². The van der Waals surface area contributed by atoms with Crippen molar-refractivity contribution >= 4 is 10.9 Å². The topological polar surface area (TPSA) is 51.4 Å². The van der Waals surface area contributed by atoms with E-state index in [1.54, 1.807) is 0 Å². The number of nitrogens with two attached hydrogens (primary N) is 1. The summed E-state index contributed by atoms with van der Waals surface area (Å²) < 4.78 is 5.84. The van der Waals surface area contributed by atoms with Gasteiger partial charge in [0.05, 0.1) is 24.3 Å². The van der Waals surface area contributed by atoms with E-state index < -0.39 is 0 Å². The summed E-state index contributed by atoms with van der Waals surface area (Å²) in [5.41, 5.74) is 8.44. The molecular weight excluding hydrogens is 250 g/mol. The Morgan fingerprint density at radius 1 is 1.45 bits per heavy atom. The summed E-state index contributed by atoms with van der Waals surface area (Å²) in [7, 11) is 0. The van der Waals surface area contributed by atoms with Crippen LogP contribution in [0.1, 0.15) is 18.5 Å². The lowest BCUT2D eigenvalue weighted by Gasteiger charge is -2.35. The van der Waals surface area contributed by atoms with Crippen LogP contribution in [0.4, 0.5) is 0 Å². The van der Waals surface area contributed by atoms with Crippen LogP contribution in [-0.2, 0) is 4.74 Å². The highest BCUT2D eigenvalue weighted by Gasteiger charge is 2.26. The molecule has 106 valence electrons. The summed E-state index contributed by atoms with van der Waals surface area (Å²) in [6.07, 6.45) is 1.92. The zero-order valence-corrected chi connectivity index (χ0v) is 11.8. The lowest BCUT2D eigenvalue weighted by atomic mass is 10.0. The molecule has 1 saturated heterocycles. The van der Waals surface area contributed by atoms with Gasteiger partial charge >= 0.3 is 0 Å². The molecule has 4 nitrogen and oxygen atoms in total. The van der Waals surface area contributed by atoms with Gasteiger partial charge in [0.1, 0.15) is 0 Å². The minimum Gasteiger partial charge on any atom is -0.374 e. The van der Waals surface area contributed by atoms with E-state index in [4.69, 9.17) is 10.5 Å². The van der Waals surface area contributed by atoms with Crippen molar-refractivity contribution in [3.05, 3.63) is 42.1 Å². The third-order valence-electron chi connectivity index (χ3n) is 4.02. The fourth-order valence-electron chi connectivity index (χ4n) is 2.72. The number of benzene rings is 1. The van der Waals surface area contributed by atoms with Crippen LogP contribution in [0.5, 0.6) is 0 Å². The first-order valence-corrected chi connectivity index (χ1v) is 7.22. The number of ether oxygens (including phenoxy) is 1. The van der Waals surface area contributed by atoms with Gasteiger partial charge in [-0.25, -0.2) is 0 Å². The summed E-state index contributed by atoms with van der Waals surface area (Å²) in [5, 5.41) is 1.13. The smallest absolute Gasteiger partial charge is 0.0895 e. The van der Waals surface area contributed by atoms with E-state index in [1.807, 2.05) is 24.4 Å². The van der Waals surface area contributed by atoms with Crippen molar-refractivity contribution in [1.29, 1.82) is 0 Å². The number of para-hydroxylation sites is 1. The molecule has 20 heavy (non-hydrogen) atoms. The maximum absolute atomic E-state index is 6.39. The Morgan fingerprint density at radius 3 is 3.15 bits per heavy atom. The van der Waals surface area contributed by atoms with Crippen LogP contribution in [0.15, 0.2) is 36.5 Å². The molecule has 0 radical (unpaired) electrons. The lowest BCUT2D eigenvalue weighted by molar-refractivity contribution is -0.0392. The van der Waals surface area contributed by atoms with Gasteiger partial charge in [-0.2, -0.15) is 0 Å². The Hall–Kier alpha value is -1.49. The van der Waals surface area contributed by atoms with E-state index in [0.717, 1.165) is 42.7 Å². The van der Waals surface area contributed by atoms with Crippen LogP contribution >= 0.6 is 0 Å². The van der Waals surface area contributed by atoms with Crippen molar-refractivity contribution < 1.29 is 4.74 Å². The summed E-state index contributed by atoms with van der Waals surface area (Å²) in [5.74, 6) is 0. The molecule has 2 N–H and O–H groups in total. The minimum atomic E-state index is -0.124. The summed E-state index contributed by atoms with van der Waals surface area (Å²) in [6, 6.07) is 10.1. The molecule has 1 fully saturated rings. The molecule has 2 aromatic rings. The molecule has 2 unspecified atom stereocenters. The van der Waals surface area contributed by atoms with Crippen molar-refractivity contribution in [1.82, 2.24) is 9.88 Å². The highest BCUT2D eigenvalue weighted by atomic mass is 16.5. The van der Waals surface area contributed by atoms with Crippen LogP contribution in [0.2, 0.25) is 0 Å². The predicted molar refractivity (Wildman–Crippen MR) is 80.5 cm³/mol. The molecule has 4 heteroatoms. The number of hydrogen-bond acceptors (Lipinski definition) is 4. The van der Waals surface area contributed by atoms with Gasteiger partial charge in [0.2, 0.25) is 0 Å². The molecular formula is C16H21N3O. The number of aromatic nitrogens is 1. The van der Waals surface area contributed by atoms with Crippen LogP contribution in [0.25, 0.3) is 10.9 Å². The third kappa shape index (κ3) is 2.68. The molecule has 1 aromatic carbocycles. The Balaban J connectivity index is 1.82. The van der Waals surface area contributed by atoms with Gasteiger partial charge in [-0.1, -0.05) is 25.1 Å². The van der Waals surface area contributed by atoms with Gasteiger partial charge in [-0.05, 0) is 24.2 Å². The zero-order chi connectivity index (χ0) is 13.9. The molecule has 0 aliphatic carbocycles. The first kappa shape index (κ1) is 13.5. The van der Waals surface area contributed by atoms with Gasteiger partial charge in [0, 0.05) is 24.7 Å². The molecule has 0 saturated carbocycles. The first-order valence-electron chi connectivity index (χ1n) is 7.22. The fraction of sp³-hybridized carbons (Fsp3) is 0.438. The molecule has 1 aliphatic heterocycles. The number of rotatable bonds is 3. The normalized spacial score (nSPS) is 22.0. The number of fused-ring (bicyclic) bond motifs is 1. The van der Waals surface area contributed by atoms with Crippen molar-refractivity contribution in [2.75, 3.05) is 26.2 Å². The van der Waals surface area contributed by atoms with Gasteiger partial charge in [0.25, 0.3) is 0 Å². The predicted octanol–water partition coefficient (Wildman–Crippen LogP) is 1.96. The maximum Gasteiger partial charge on any atom is 0.0895 e. The zero-order valence-electron chi connectivity index (χ0n) is 11.8. The Labute approximate surface area is 119 Å². The second kappa shape index (κ2) is 5.87. The van der Waals surface area contributed by atoms with Crippen molar-refractivity contribution in [2.24, 2.45) is 5.73 Å². The van der Waals surface area contributed by atoms with Crippen molar-refractivity contribution in [3.63, 3.8) is 0 Å². The highest BCUT2D eigenvalue weighted by molar-refractivity contribution is 5.78. The SMILES string of the molecule is CCN1CCOC(C(N)c2cnc3ccccc3c2)C1. The Morgan fingerprint density at radius 2 is 2.30 bits per heavy atom. The average molecular weight is 271 g/mol. The summed E-state index contributed by atoms with van der Waals surface area (Å²) in [6.45, 7) is 5.86. The minimum absolute atomic E-state index is 0.0478. The molecule has 1 aromatic heterocycles. The summed E-state index contributed by atoms with van der Waals surface area (Å²) >= 11 is 0. The number of likely N-dealkylation sites (N-methyl/N-ethyl adjacent to an activating group) is 1. The second-order valence-electron chi connectivity index (χ2n) is 5.29. The second-order valence-corrected chi connectivity index (χ2v) is 5.29. The lowest BCUT2D eigenvalue weighted by Crippen LogP contribution is -2.46. The quantitative estimate of drug-likeness (QED) is 0.927. The molecule has 0 bridgehead atoms. The molecule has 2 heterocycles. The monoisotopic (exact) mass is 271 g/mol. The van der Waals surface area contributed by atoms with Gasteiger partial charge in [0.15, 0.2) is 0 Å². The largest absolute Gasteiger partial charge is 0.374 e. The van der Waals surface area contributed by atoms with E-state index in [0.29, 0.717) is 0 Å². The standard InChI is InChI=1S/C16H21N3O/c1-2-19-7-8-20-15(11-19)16(17)13-9-12-5-3-4-6-14(12)18-10-13/h3-6,9-10,15-16H,2,7-8,11,17H2,1H3.